The minimum absolute atomic E-state index is 0.0141. The first-order chi connectivity index (χ1) is 11.3. The summed E-state index contributed by atoms with van der Waals surface area (Å²) < 4.78 is 5.79. The Hall–Kier alpha value is -1.62. The van der Waals surface area contributed by atoms with E-state index in [0.29, 0.717) is 5.69 Å². The monoisotopic (exact) mass is 317 g/mol. The van der Waals surface area contributed by atoms with Crippen LogP contribution >= 0.6 is 0 Å². The summed E-state index contributed by atoms with van der Waals surface area (Å²) in [6, 6.07) is 3.64. The van der Waals surface area contributed by atoms with Gasteiger partial charge in [-0.05, 0) is 24.5 Å². The molecule has 0 aromatic carbocycles. The Kier molecular flexibility index (Phi) is 5.86. The van der Waals surface area contributed by atoms with Crippen molar-refractivity contribution in [2.75, 3.05) is 32.8 Å². The number of amides is 1. The second-order valence-corrected chi connectivity index (χ2v) is 6.56. The zero-order valence-corrected chi connectivity index (χ0v) is 13.8. The summed E-state index contributed by atoms with van der Waals surface area (Å²) in [5.41, 5.74) is 0.506. The molecule has 0 bridgehead atoms. The third-order valence-electron chi connectivity index (χ3n) is 4.88. The molecule has 1 aromatic heterocycles. The fourth-order valence-electron chi connectivity index (χ4n) is 3.44. The zero-order chi connectivity index (χ0) is 15.9. The minimum atomic E-state index is 0.0141. The molecule has 23 heavy (non-hydrogen) atoms. The van der Waals surface area contributed by atoms with Crippen molar-refractivity contribution in [1.82, 2.24) is 15.2 Å². The van der Waals surface area contributed by atoms with E-state index in [1.807, 2.05) is 11.0 Å². The first kappa shape index (κ1) is 16.2. The molecule has 5 nitrogen and oxygen atoms in total. The van der Waals surface area contributed by atoms with Crippen LogP contribution in [0, 0.1) is 5.92 Å². The first-order valence-electron chi connectivity index (χ1n) is 8.92. The van der Waals surface area contributed by atoms with Gasteiger partial charge in [0.1, 0.15) is 11.4 Å². The number of pyridine rings is 1. The van der Waals surface area contributed by atoms with E-state index in [9.17, 15) is 4.79 Å². The van der Waals surface area contributed by atoms with E-state index >= 15 is 0 Å². The summed E-state index contributed by atoms with van der Waals surface area (Å²) in [5.74, 6) is 1.60. The topological polar surface area (TPSA) is 54.5 Å². The minimum Gasteiger partial charge on any atom is -0.492 e. The lowest BCUT2D eigenvalue weighted by molar-refractivity contribution is 0.0730. The number of hydrogen-bond acceptors (Lipinski definition) is 4. The van der Waals surface area contributed by atoms with Gasteiger partial charge in [0, 0.05) is 26.2 Å². The Morgan fingerprint density at radius 2 is 2.00 bits per heavy atom. The highest BCUT2D eigenvalue weighted by Gasteiger charge is 2.19. The molecule has 5 heteroatoms. The second-order valence-electron chi connectivity index (χ2n) is 6.56. The third kappa shape index (κ3) is 4.67. The van der Waals surface area contributed by atoms with Crippen molar-refractivity contribution in [2.45, 2.75) is 38.5 Å². The van der Waals surface area contributed by atoms with Crippen LogP contribution in [0.4, 0.5) is 0 Å². The predicted molar refractivity (Wildman–Crippen MR) is 89.7 cm³/mol. The van der Waals surface area contributed by atoms with Gasteiger partial charge in [-0.2, -0.15) is 0 Å². The number of nitrogens with zero attached hydrogens (tertiary/aromatic N) is 2. The molecule has 0 atom stereocenters. The van der Waals surface area contributed by atoms with E-state index in [-0.39, 0.29) is 5.91 Å². The Bertz CT molecular complexity index is 491. The van der Waals surface area contributed by atoms with Crippen molar-refractivity contribution < 1.29 is 9.53 Å². The van der Waals surface area contributed by atoms with E-state index in [1.54, 1.807) is 12.3 Å². The van der Waals surface area contributed by atoms with Gasteiger partial charge < -0.3 is 15.0 Å². The number of aromatic nitrogens is 1. The van der Waals surface area contributed by atoms with Crippen LogP contribution in [-0.4, -0.2) is 48.6 Å². The van der Waals surface area contributed by atoms with Crippen molar-refractivity contribution in [3.8, 4) is 5.75 Å². The molecule has 0 radical (unpaired) electrons. The summed E-state index contributed by atoms with van der Waals surface area (Å²) in [4.78, 5) is 18.5. The number of hydrogen-bond donors (Lipinski definition) is 1. The summed E-state index contributed by atoms with van der Waals surface area (Å²) in [7, 11) is 0. The molecule has 126 valence electrons. The molecule has 1 saturated heterocycles. The quantitative estimate of drug-likeness (QED) is 0.906. The van der Waals surface area contributed by atoms with Gasteiger partial charge in [-0.15, -0.1) is 0 Å². The molecular formula is C18H27N3O2. The van der Waals surface area contributed by atoms with E-state index in [0.717, 1.165) is 50.9 Å². The van der Waals surface area contributed by atoms with E-state index in [4.69, 9.17) is 4.74 Å². The van der Waals surface area contributed by atoms with Crippen LogP contribution in [0.3, 0.4) is 0 Å². The van der Waals surface area contributed by atoms with Crippen LogP contribution in [0.5, 0.6) is 5.75 Å². The van der Waals surface area contributed by atoms with Gasteiger partial charge in [-0.1, -0.05) is 32.1 Å². The smallest absolute Gasteiger partial charge is 0.272 e. The lowest BCUT2D eigenvalue weighted by atomic mass is 9.87. The van der Waals surface area contributed by atoms with Gasteiger partial charge in [0.25, 0.3) is 5.91 Å². The third-order valence-corrected chi connectivity index (χ3v) is 4.88. The molecule has 0 spiro atoms. The fraction of sp³-hybridized carbons (Fsp3) is 0.667. The standard InChI is InChI=1S/C18H27N3O2/c22-18(21-11-9-19-10-12-21)17-7-6-16(14-20-17)23-13-8-15-4-2-1-3-5-15/h6-7,14-15,19H,1-5,8-13H2. The molecule has 0 unspecified atom stereocenters. The van der Waals surface area contributed by atoms with Gasteiger partial charge in [0.15, 0.2) is 0 Å². The van der Waals surface area contributed by atoms with Crippen molar-refractivity contribution >= 4 is 5.91 Å². The summed E-state index contributed by atoms with van der Waals surface area (Å²) >= 11 is 0. The van der Waals surface area contributed by atoms with Gasteiger partial charge in [0.05, 0.1) is 12.8 Å². The molecular weight excluding hydrogens is 290 g/mol. The summed E-state index contributed by atoms with van der Waals surface area (Å²) in [5, 5.41) is 3.25. The van der Waals surface area contributed by atoms with Crippen LogP contribution in [-0.2, 0) is 0 Å². The highest BCUT2D eigenvalue weighted by Crippen LogP contribution is 2.26. The SMILES string of the molecule is O=C(c1ccc(OCCC2CCCCC2)cn1)N1CCNCC1. The Morgan fingerprint density at radius 3 is 2.70 bits per heavy atom. The van der Waals surface area contributed by atoms with Crippen molar-refractivity contribution in [2.24, 2.45) is 5.92 Å². The first-order valence-corrected chi connectivity index (χ1v) is 8.92. The van der Waals surface area contributed by atoms with Crippen molar-refractivity contribution in [3.63, 3.8) is 0 Å². The second kappa shape index (κ2) is 8.29. The number of carbonyl (C=O) groups excluding carboxylic acids is 1. The number of nitrogens with one attached hydrogen (secondary N) is 1. The Labute approximate surface area is 138 Å². The predicted octanol–water partition coefficient (Wildman–Crippen LogP) is 2.48. The number of piperazine rings is 1. The average molecular weight is 317 g/mol. The van der Waals surface area contributed by atoms with Crippen molar-refractivity contribution in [3.05, 3.63) is 24.0 Å². The molecule has 2 fully saturated rings. The molecule has 3 rings (SSSR count). The molecule has 1 aliphatic heterocycles. The Morgan fingerprint density at radius 1 is 1.22 bits per heavy atom. The van der Waals surface area contributed by atoms with Crippen LogP contribution in [0.15, 0.2) is 18.3 Å². The highest BCUT2D eigenvalue weighted by atomic mass is 16.5. The maximum atomic E-state index is 12.3. The van der Waals surface area contributed by atoms with Crippen molar-refractivity contribution in [1.29, 1.82) is 0 Å². The molecule has 1 aromatic rings. The number of ether oxygens (including phenoxy) is 1. The normalized spacial score (nSPS) is 19.6. The van der Waals surface area contributed by atoms with E-state index in [2.05, 4.69) is 10.3 Å². The molecule has 2 aliphatic rings. The van der Waals surface area contributed by atoms with Crippen LogP contribution in [0.1, 0.15) is 49.0 Å². The fourth-order valence-corrected chi connectivity index (χ4v) is 3.44. The molecule has 2 heterocycles. The number of rotatable bonds is 5. The maximum absolute atomic E-state index is 12.3. The van der Waals surface area contributed by atoms with Crippen LogP contribution < -0.4 is 10.1 Å². The lowest BCUT2D eigenvalue weighted by Gasteiger charge is -2.27. The highest BCUT2D eigenvalue weighted by molar-refractivity contribution is 5.92. The molecule has 1 amide bonds. The number of carbonyl (C=O) groups is 1. The zero-order valence-electron chi connectivity index (χ0n) is 13.8. The summed E-state index contributed by atoms with van der Waals surface area (Å²) in [6.45, 7) is 3.96. The maximum Gasteiger partial charge on any atom is 0.272 e. The summed E-state index contributed by atoms with van der Waals surface area (Å²) in [6.07, 6.45) is 9.63. The lowest BCUT2D eigenvalue weighted by Crippen LogP contribution is -2.46. The van der Waals surface area contributed by atoms with Gasteiger partial charge in [-0.3, -0.25) is 4.79 Å². The van der Waals surface area contributed by atoms with E-state index in [1.165, 1.54) is 32.1 Å². The van der Waals surface area contributed by atoms with Crippen LogP contribution in [0.25, 0.3) is 0 Å². The Balaban J connectivity index is 1.45. The molecule has 1 aliphatic carbocycles. The van der Waals surface area contributed by atoms with Gasteiger partial charge >= 0.3 is 0 Å². The van der Waals surface area contributed by atoms with E-state index < -0.39 is 0 Å². The molecule has 1 saturated carbocycles. The van der Waals surface area contributed by atoms with Crippen LogP contribution in [0.2, 0.25) is 0 Å². The van der Waals surface area contributed by atoms with Gasteiger partial charge in [-0.25, -0.2) is 4.98 Å². The molecule has 1 N–H and O–H groups in total. The van der Waals surface area contributed by atoms with Gasteiger partial charge in [0.2, 0.25) is 0 Å². The largest absolute Gasteiger partial charge is 0.492 e. The average Bonchev–Trinajstić information content (AvgIpc) is 2.63.